The molecule has 1 aliphatic heterocycles. The smallest absolute Gasteiger partial charge is 0.0990 e. The van der Waals surface area contributed by atoms with Crippen LogP contribution in [0.15, 0.2) is 12.2 Å². The molecule has 0 aromatic rings. The average molecular weight is 97.1 g/mol. The molecule has 2 rings (SSSR count). The summed E-state index contributed by atoms with van der Waals surface area (Å²) in [4.78, 5) is 5.02. The lowest BCUT2D eigenvalue weighted by Gasteiger charge is -2.02. The minimum Gasteiger partial charge on any atom is -0.294 e. The molecule has 1 saturated heterocycles. The molecule has 1 heterocycles. The Bertz CT molecular complexity index is 98.6. The highest BCUT2D eigenvalue weighted by atomic mass is 16.7. The predicted octanol–water partition coefficient (Wildman–Crippen LogP) is 0.218. The second-order valence-electron chi connectivity index (χ2n) is 2.00. The van der Waals surface area contributed by atoms with Crippen molar-refractivity contribution in [2.24, 2.45) is 0 Å². The van der Waals surface area contributed by atoms with E-state index in [0.717, 1.165) is 6.42 Å². The van der Waals surface area contributed by atoms with Gasteiger partial charge in [-0.3, -0.25) is 4.84 Å². The van der Waals surface area contributed by atoms with Crippen LogP contribution in [0.1, 0.15) is 6.42 Å². The maximum absolute atomic E-state index is 5.02. The van der Waals surface area contributed by atoms with Gasteiger partial charge in [0.15, 0.2) is 0 Å². The lowest BCUT2D eigenvalue weighted by atomic mass is 10.3. The molecule has 0 aromatic carbocycles. The second-order valence-corrected chi connectivity index (χ2v) is 2.00. The third kappa shape index (κ3) is 0.406. The number of hydroxylamine groups is 1. The molecular weight excluding hydrogens is 90.1 g/mol. The minimum absolute atomic E-state index is 0.380. The lowest BCUT2D eigenvalue weighted by molar-refractivity contribution is 0.0483. The van der Waals surface area contributed by atoms with Gasteiger partial charge in [-0.1, -0.05) is 12.2 Å². The van der Waals surface area contributed by atoms with Gasteiger partial charge in [-0.2, -0.15) is 5.48 Å². The molecule has 0 spiro atoms. The number of hydrogen-bond donors (Lipinski definition) is 1. The summed E-state index contributed by atoms with van der Waals surface area (Å²) in [5.74, 6) is 0. The third-order valence-electron chi connectivity index (χ3n) is 1.42. The second kappa shape index (κ2) is 1.08. The number of hydrogen-bond acceptors (Lipinski definition) is 2. The van der Waals surface area contributed by atoms with Crippen LogP contribution in [0.5, 0.6) is 0 Å². The van der Waals surface area contributed by atoms with Gasteiger partial charge in [-0.05, 0) is 0 Å². The molecule has 0 aromatic heterocycles. The van der Waals surface area contributed by atoms with E-state index < -0.39 is 0 Å². The van der Waals surface area contributed by atoms with E-state index in [0.29, 0.717) is 12.1 Å². The van der Waals surface area contributed by atoms with Crippen LogP contribution in [0.3, 0.4) is 0 Å². The lowest BCUT2D eigenvalue weighted by Crippen LogP contribution is -2.19. The minimum atomic E-state index is 0.380. The molecular formula is C5H7NO. The fourth-order valence-corrected chi connectivity index (χ4v) is 1.02. The number of nitrogens with one attached hydrogen (secondary N) is 1. The molecule has 1 aliphatic carbocycles. The standard InChI is InChI=1S/C5H7NO/c1-2-5-3-4(1)6-7-5/h1-2,4-6H,3H2/t4-,5?/m0/s1. The van der Waals surface area contributed by atoms with Crippen LogP contribution in [0.4, 0.5) is 0 Å². The van der Waals surface area contributed by atoms with E-state index in [1.165, 1.54) is 0 Å². The molecule has 2 nitrogen and oxygen atoms in total. The van der Waals surface area contributed by atoms with Crippen molar-refractivity contribution < 1.29 is 4.84 Å². The number of fused-ring (bicyclic) bond motifs is 2. The summed E-state index contributed by atoms with van der Waals surface area (Å²) in [5, 5.41) is 0. The fourth-order valence-electron chi connectivity index (χ4n) is 1.02. The van der Waals surface area contributed by atoms with Gasteiger partial charge in [0, 0.05) is 6.42 Å². The van der Waals surface area contributed by atoms with Gasteiger partial charge in [0.2, 0.25) is 0 Å². The molecule has 0 saturated carbocycles. The normalized spacial score (nSPS) is 45.7. The van der Waals surface area contributed by atoms with Crippen LogP contribution in [0.2, 0.25) is 0 Å². The Balaban J connectivity index is 2.27. The van der Waals surface area contributed by atoms with Crippen LogP contribution in [0.25, 0.3) is 0 Å². The predicted molar refractivity (Wildman–Crippen MR) is 25.6 cm³/mol. The Kier molecular flexibility index (Phi) is 0.562. The van der Waals surface area contributed by atoms with Gasteiger partial charge in [0.1, 0.15) is 0 Å². The highest BCUT2D eigenvalue weighted by molar-refractivity contribution is 5.09. The van der Waals surface area contributed by atoms with Crippen LogP contribution < -0.4 is 5.48 Å². The van der Waals surface area contributed by atoms with Gasteiger partial charge in [-0.15, -0.1) is 0 Å². The molecule has 0 radical (unpaired) electrons. The van der Waals surface area contributed by atoms with Crippen molar-refractivity contribution in [3.8, 4) is 0 Å². The SMILES string of the molecule is C1=C[C@H]2CC1ON2. The first-order valence-electron chi connectivity index (χ1n) is 2.54. The fraction of sp³-hybridized carbons (Fsp3) is 0.600. The number of rotatable bonds is 0. The van der Waals surface area contributed by atoms with E-state index in [-0.39, 0.29) is 0 Å². The molecule has 7 heavy (non-hydrogen) atoms. The molecule has 1 N–H and O–H groups in total. The van der Waals surface area contributed by atoms with Crippen molar-refractivity contribution in [3.05, 3.63) is 12.2 Å². The highest BCUT2D eigenvalue weighted by Crippen LogP contribution is 2.19. The maximum atomic E-state index is 5.02. The quantitative estimate of drug-likeness (QED) is 0.436. The Morgan fingerprint density at radius 1 is 1.57 bits per heavy atom. The summed E-state index contributed by atoms with van der Waals surface area (Å²) in [5.41, 5.74) is 2.87. The molecule has 1 fully saturated rings. The van der Waals surface area contributed by atoms with Crippen LogP contribution in [-0.2, 0) is 4.84 Å². The van der Waals surface area contributed by atoms with E-state index in [1.807, 2.05) is 0 Å². The molecule has 38 valence electrons. The Morgan fingerprint density at radius 2 is 2.57 bits per heavy atom. The van der Waals surface area contributed by atoms with E-state index in [1.54, 1.807) is 0 Å². The summed E-state index contributed by atoms with van der Waals surface area (Å²) < 4.78 is 0. The van der Waals surface area contributed by atoms with E-state index in [9.17, 15) is 0 Å². The Labute approximate surface area is 42.1 Å². The van der Waals surface area contributed by atoms with Gasteiger partial charge in [-0.25, -0.2) is 0 Å². The maximum Gasteiger partial charge on any atom is 0.0990 e. The Morgan fingerprint density at radius 3 is 2.71 bits per heavy atom. The average Bonchev–Trinajstić information content (AvgIpc) is 2.22. The molecule has 0 amide bonds. The first-order chi connectivity index (χ1) is 3.45. The van der Waals surface area contributed by atoms with Crippen molar-refractivity contribution >= 4 is 0 Å². The van der Waals surface area contributed by atoms with Crippen LogP contribution in [-0.4, -0.2) is 12.1 Å². The summed E-state index contributed by atoms with van der Waals surface area (Å²) in [6, 6.07) is 0.519. The summed E-state index contributed by atoms with van der Waals surface area (Å²) in [6.45, 7) is 0. The third-order valence-corrected chi connectivity index (χ3v) is 1.42. The van der Waals surface area contributed by atoms with E-state index >= 15 is 0 Å². The van der Waals surface area contributed by atoms with Gasteiger partial charge >= 0.3 is 0 Å². The van der Waals surface area contributed by atoms with Crippen LogP contribution >= 0.6 is 0 Å². The monoisotopic (exact) mass is 97.1 g/mol. The highest BCUT2D eigenvalue weighted by Gasteiger charge is 2.26. The molecule has 1 unspecified atom stereocenters. The van der Waals surface area contributed by atoms with Gasteiger partial charge in [0.05, 0.1) is 12.1 Å². The topological polar surface area (TPSA) is 21.3 Å². The van der Waals surface area contributed by atoms with Crippen molar-refractivity contribution in [3.63, 3.8) is 0 Å². The van der Waals surface area contributed by atoms with Crippen molar-refractivity contribution in [2.75, 3.05) is 0 Å². The molecule has 2 aliphatic rings. The first kappa shape index (κ1) is 3.64. The molecule has 2 atom stereocenters. The van der Waals surface area contributed by atoms with Gasteiger partial charge in [0.25, 0.3) is 0 Å². The molecule has 2 bridgehead atoms. The van der Waals surface area contributed by atoms with Crippen LogP contribution in [0, 0.1) is 0 Å². The zero-order valence-corrected chi connectivity index (χ0v) is 3.92. The Hall–Kier alpha value is -0.340. The summed E-state index contributed by atoms with van der Waals surface area (Å²) in [7, 11) is 0. The van der Waals surface area contributed by atoms with E-state index in [4.69, 9.17) is 4.84 Å². The van der Waals surface area contributed by atoms with Crippen molar-refractivity contribution in [1.29, 1.82) is 0 Å². The zero-order valence-electron chi connectivity index (χ0n) is 3.92. The largest absolute Gasteiger partial charge is 0.294 e. The summed E-state index contributed by atoms with van der Waals surface area (Å²) >= 11 is 0. The van der Waals surface area contributed by atoms with Gasteiger partial charge < -0.3 is 0 Å². The zero-order chi connectivity index (χ0) is 4.69. The molecule has 2 heteroatoms. The summed E-state index contributed by atoms with van der Waals surface area (Å²) in [6.07, 6.45) is 5.76. The van der Waals surface area contributed by atoms with E-state index in [2.05, 4.69) is 17.6 Å². The first-order valence-corrected chi connectivity index (χ1v) is 2.54. The van der Waals surface area contributed by atoms with Crippen molar-refractivity contribution in [1.82, 2.24) is 5.48 Å². The van der Waals surface area contributed by atoms with Crippen molar-refractivity contribution in [2.45, 2.75) is 18.6 Å².